The fourth-order valence-corrected chi connectivity index (χ4v) is 4.11. The molecule has 2 saturated heterocycles. The van der Waals surface area contributed by atoms with Gasteiger partial charge in [0.15, 0.2) is 0 Å². The van der Waals surface area contributed by atoms with Gasteiger partial charge in [0.2, 0.25) is 5.91 Å². The van der Waals surface area contributed by atoms with Crippen molar-refractivity contribution in [1.29, 1.82) is 0 Å². The number of carbonyl (C=O) groups excluding carboxylic acids is 2. The zero-order valence-corrected chi connectivity index (χ0v) is 14.4. The van der Waals surface area contributed by atoms with Gasteiger partial charge in [-0.05, 0) is 43.7 Å². The quantitative estimate of drug-likeness (QED) is 0.899. The number of likely N-dealkylation sites (tertiary alicyclic amines) is 1. The van der Waals surface area contributed by atoms with Crippen molar-refractivity contribution in [1.82, 2.24) is 15.2 Å². The second kappa shape index (κ2) is 6.75. The van der Waals surface area contributed by atoms with E-state index in [0.717, 1.165) is 19.4 Å². The van der Waals surface area contributed by atoms with Crippen LogP contribution in [-0.4, -0.2) is 54.5 Å². The standard InChI is InChI=1S/C19H25N3O3/c23-17(21-11-14-4-5-14)15-12-22(13-19(15)6-9-25-10-7-19)18(24)16-3-1-2-8-20-16/h1-3,8,14-15H,4-7,9-13H2,(H,21,23)/t15-/m1/s1. The highest BCUT2D eigenvalue weighted by atomic mass is 16.5. The summed E-state index contributed by atoms with van der Waals surface area (Å²) in [7, 11) is 0. The molecule has 3 heterocycles. The van der Waals surface area contributed by atoms with Crippen LogP contribution in [0.25, 0.3) is 0 Å². The molecule has 6 heteroatoms. The van der Waals surface area contributed by atoms with Gasteiger partial charge in [-0.15, -0.1) is 0 Å². The molecule has 4 rings (SSSR count). The number of aromatic nitrogens is 1. The number of hydrogen-bond donors (Lipinski definition) is 1. The highest BCUT2D eigenvalue weighted by Crippen LogP contribution is 2.44. The molecule has 1 atom stereocenters. The first-order valence-electron chi connectivity index (χ1n) is 9.24. The van der Waals surface area contributed by atoms with E-state index in [9.17, 15) is 9.59 Å². The molecule has 0 radical (unpaired) electrons. The summed E-state index contributed by atoms with van der Waals surface area (Å²) in [6.07, 6.45) is 5.73. The average Bonchev–Trinajstić information content (AvgIpc) is 3.42. The Morgan fingerprint density at radius 3 is 2.76 bits per heavy atom. The first-order valence-corrected chi connectivity index (χ1v) is 9.24. The number of rotatable bonds is 4. The topological polar surface area (TPSA) is 71.5 Å². The lowest BCUT2D eigenvalue weighted by Gasteiger charge is -2.37. The fraction of sp³-hybridized carbons (Fsp3) is 0.632. The van der Waals surface area contributed by atoms with Gasteiger partial charge in [0.1, 0.15) is 5.69 Å². The zero-order valence-electron chi connectivity index (χ0n) is 14.4. The molecule has 134 valence electrons. The maximum Gasteiger partial charge on any atom is 0.272 e. The molecule has 1 saturated carbocycles. The summed E-state index contributed by atoms with van der Waals surface area (Å²) in [6, 6.07) is 5.36. The van der Waals surface area contributed by atoms with Crippen molar-refractivity contribution in [2.75, 3.05) is 32.8 Å². The van der Waals surface area contributed by atoms with E-state index in [1.54, 1.807) is 18.3 Å². The Bertz CT molecular complexity index is 639. The Hall–Kier alpha value is -1.95. The van der Waals surface area contributed by atoms with Gasteiger partial charge in [-0.2, -0.15) is 0 Å². The molecule has 1 aromatic heterocycles. The third kappa shape index (κ3) is 3.40. The van der Waals surface area contributed by atoms with Gasteiger partial charge in [0.25, 0.3) is 5.91 Å². The van der Waals surface area contributed by atoms with Crippen molar-refractivity contribution in [3.63, 3.8) is 0 Å². The van der Waals surface area contributed by atoms with E-state index in [4.69, 9.17) is 4.74 Å². The minimum absolute atomic E-state index is 0.0797. The molecule has 2 aliphatic heterocycles. The second-order valence-electron chi connectivity index (χ2n) is 7.62. The number of carbonyl (C=O) groups is 2. The molecule has 1 N–H and O–H groups in total. The molecule has 2 amide bonds. The first-order chi connectivity index (χ1) is 12.2. The predicted molar refractivity (Wildman–Crippen MR) is 91.9 cm³/mol. The summed E-state index contributed by atoms with van der Waals surface area (Å²) in [6.45, 7) is 3.20. The van der Waals surface area contributed by atoms with Crippen LogP contribution in [0.3, 0.4) is 0 Å². The van der Waals surface area contributed by atoms with Gasteiger partial charge in [-0.25, -0.2) is 0 Å². The van der Waals surface area contributed by atoms with Gasteiger partial charge < -0.3 is 15.0 Å². The molecule has 3 aliphatic rings. The average molecular weight is 343 g/mol. The molecule has 3 fully saturated rings. The van der Waals surface area contributed by atoms with E-state index in [1.165, 1.54) is 12.8 Å². The van der Waals surface area contributed by atoms with Crippen LogP contribution in [0.15, 0.2) is 24.4 Å². The van der Waals surface area contributed by atoms with E-state index in [0.29, 0.717) is 37.9 Å². The predicted octanol–water partition coefficient (Wildman–Crippen LogP) is 1.48. The number of nitrogens with one attached hydrogen (secondary N) is 1. The fourth-order valence-electron chi connectivity index (χ4n) is 4.11. The lowest BCUT2D eigenvalue weighted by Crippen LogP contribution is -2.44. The van der Waals surface area contributed by atoms with Crippen LogP contribution in [0.1, 0.15) is 36.2 Å². The molecule has 1 aliphatic carbocycles. The maximum atomic E-state index is 12.9. The van der Waals surface area contributed by atoms with E-state index in [1.807, 2.05) is 11.0 Å². The number of pyridine rings is 1. The highest BCUT2D eigenvalue weighted by Gasteiger charge is 2.52. The van der Waals surface area contributed by atoms with Gasteiger partial charge in [0, 0.05) is 44.5 Å². The molecule has 6 nitrogen and oxygen atoms in total. The Balaban J connectivity index is 1.51. The van der Waals surface area contributed by atoms with Crippen LogP contribution < -0.4 is 5.32 Å². The van der Waals surface area contributed by atoms with E-state index in [2.05, 4.69) is 10.3 Å². The summed E-state index contributed by atoms with van der Waals surface area (Å²) in [5, 5.41) is 3.12. The van der Waals surface area contributed by atoms with E-state index >= 15 is 0 Å². The van der Waals surface area contributed by atoms with Crippen LogP contribution in [-0.2, 0) is 9.53 Å². The molecule has 0 unspecified atom stereocenters. The second-order valence-corrected chi connectivity index (χ2v) is 7.62. The van der Waals surface area contributed by atoms with Crippen molar-refractivity contribution in [2.24, 2.45) is 17.3 Å². The summed E-state index contributed by atoms with van der Waals surface area (Å²) in [5.74, 6) is 0.527. The van der Waals surface area contributed by atoms with Crippen LogP contribution in [0.2, 0.25) is 0 Å². The third-order valence-electron chi connectivity index (χ3n) is 5.89. The molecular formula is C19H25N3O3. The maximum absolute atomic E-state index is 12.9. The lowest BCUT2D eigenvalue weighted by molar-refractivity contribution is -0.129. The Morgan fingerprint density at radius 2 is 2.08 bits per heavy atom. The minimum atomic E-state index is -0.156. The van der Waals surface area contributed by atoms with Crippen LogP contribution in [0.4, 0.5) is 0 Å². The zero-order chi connectivity index (χ0) is 17.3. The van der Waals surface area contributed by atoms with Gasteiger partial charge in [-0.1, -0.05) is 6.07 Å². The van der Waals surface area contributed by atoms with Crippen LogP contribution in [0, 0.1) is 17.3 Å². The Labute approximate surface area is 147 Å². The summed E-state index contributed by atoms with van der Waals surface area (Å²) < 4.78 is 5.53. The van der Waals surface area contributed by atoms with Gasteiger partial charge >= 0.3 is 0 Å². The van der Waals surface area contributed by atoms with Crippen molar-refractivity contribution < 1.29 is 14.3 Å². The lowest BCUT2D eigenvalue weighted by atomic mass is 9.71. The molecule has 1 aromatic rings. The SMILES string of the molecule is O=C(NCC1CC1)[C@H]1CN(C(=O)c2ccccn2)CC12CCOCC2. The third-order valence-corrected chi connectivity index (χ3v) is 5.89. The van der Waals surface area contributed by atoms with Crippen LogP contribution in [0.5, 0.6) is 0 Å². The normalized spacial score (nSPS) is 25.1. The number of nitrogens with zero attached hydrogens (tertiary/aromatic N) is 2. The van der Waals surface area contributed by atoms with Gasteiger partial charge in [0.05, 0.1) is 5.92 Å². The monoisotopic (exact) mass is 343 g/mol. The van der Waals surface area contributed by atoms with Crippen LogP contribution >= 0.6 is 0 Å². The minimum Gasteiger partial charge on any atom is -0.381 e. The van der Waals surface area contributed by atoms with Crippen molar-refractivity contribution >= 4 is 11.8 Å². The molecule has 0 aromatic carbocycles. The molecule has 1 spiro atoms. The van der Waals surface area contributed by atoms with Gasteiger partial charge in [-0.3, -0.25) is 14.6 Å². The van der Waals surface area contributed by atoms with Crippen molar-refractivity contribution in [3.05, 3.63) is 30.1 Å². The Kier molecular flexibility index (Phi) is 4.46. The van der Waals surface area contributed by atoms with E-state index in [-0.39, 0.29) is 23.1 Å². The number of hydrogen-bond acceptors (Lipinski definition) is 4. The molecule has 0 bridgehead atoms. The summed E-state index contributed by atoms with van der Waals surface area (Å²) in [4.78, 5) is 31.7. The number of amides is 2. The first kappa shape index (κ1) is 16.5. The summed E-state index contributed by atoms with van der Waals surface area (Å²) in [5.41, 5.74) is 0.291. The van der Waals surface area contributed by atoms with E-state index < -0.39 is 0 Å². The summed E-state index contributed by atoms with van der Waals surface area (Å²) >= 11 is 0. The largest absolute Gasteiger partial charge is 0.381 e. The molecular weight excluding hydrogens is 318 g/mol. The number of ether oxygens (including phenoxy) is 1. The Morgan fingerprint density at radius 1 is 1.28 bits per heavy atom. The molecule has 25 heavy (non-hydrogen) atoms. The highest BCUT2D eigenvalue weighted by molar-refractivity contribution is 5.93. The van der Waals surface area contributed by atoms with Crippen molar-refractivity contribution in [2.45, 2.75) is 25.7 Å². The smallest absolute Gasteiger partial charge is 0.272 e. The van der Waals surface area contributed by atoms with Crippen molar-refractivity contribution in [3.8, 4) is 0 Å².